The van der Waals surface area contributed by atoms with Crippen molar-refractivity contribution < 1.29 is 31.5 Å². The molecule has 0 radical (unpaired) electrons. The molecule has 0 aliphatic rings. The third kappa shape index (κ3) is 3.52. The zero-order chi connectivity index (χ0) is 20.6. The summed E-state index contributed by atoms with van der Waals surface area (Å²) in [5.41, 5.74) is -1.69. The lowest BCUT2D eigenvalue weighted by atomic mass is 10.0. The van der Waals surface area contributed by atoms with E-state index in [1.807, 2.05) is 0 Å². The van der Waals surface area contributed by atoms with E-state index in [9.17, 15) is 22.8 Å². The number of fused-ring (bicyclic) bond motifs is 1. The standard InChI is InChI=1S/C21H11F3O5/c22-21(23,24)19-17(12-5-2-1-3-6-12)18(25)14-9-8-13(11-16(14)29-19)28-20(26)15-7-4-10-27-15/h1-11H. The van der Waals surface area contributed by atoms with Gasteiger partial charge in [0.25, 0.3) is 0 Å². The number of carbonyl (C=O) groups is 1. The van der Waals surface area contributed by atoms with Crippen molar-refractivity contribution in [1.82, 2.24) is 0 Å². The van der Waals surface area contributed by atoms with Crippen LogP contribution < -0.4 is 10.2 Å². The fraction of sp³-hybridized carbons (Fsp3) is 0.0476. The van der Waals surface area contributed by atoms with Crippen molar-refractivity contribution in [2.45, 2.75) is 6.18 Å². The van der Waals surface area contributed by atoms with E-state index in [0.717, 1.165) is 6.07 Å². The second-order valence-electron chi connectivity index (χ2n) is 6.02. The maximum Gasteiger partial charge on any atom is 0.450 e. The van der Waals surface area contributed by atoms with Gasteiger partial charge in [-0.3, -0.25) is 4.79 Å². The predicted octanol–water partition coefficient (Wildman–Crippen LogP) is 5.29. The summed E-state index contributed by atoms with van der Waals surface area (Å²) in [4.78, 5) is 24.8. The Balaban J connectivity index is 1.86. The molecule has 0 aliphatic heterocycles. The van der Waals surface area contributed by atoms with E-state index in [4.69, 9.17) is 13.6 Å². The van der Waals surface area contributed by atoms with Gasteiger partial charge in [-0.25, -0.2) is 4.79 Å². The lowest BCUT2D eigenvalue weighted by molar-refractivity contribution is -0.152. The first kappa shape index (κ1) is 18.5. The molecule has 0 saturated heterocycles. The highest BCUT2D eigenvalue weighted by Gasteiger charge is 2.39. The Labute approximate surface area is 160 Å². The predicted molar refractivity (Wildman–Crippen MR) is 96.6 cm³/mol. The normalized spacial score (nSPS) is 11.6. The molecule has 4 rings (SSSR count). The number of halogens is 3. The molecule has 29 heavy (non-hydrogen) atoms. The lowest BCUT2D eigenvalue weighted by Gasteiger charge is -2.13. The average molecular weight is 400 g/mol. The number of esters is 1. The Bertz CT molecular complexity index is 1240. The third-order valence-corrected chi connectivity index (χ3v) is 4.12. The fourth-order valence-corrected chi connectivity index (χ4v) is 2.86. The van der Waals surface area contributed by atoms with Crippen molar-refractivity contribution in [3.63, 3.8) is 0 Å². The molecule has 0 saturated carbocycles. The van der Waals surface area contributed by atoms with Crippen molar-refractivity contribution in [1.29, 1.82) is 0 Å². The van der Waals surface area contributed by atoms with E-state index in [0.29, 0.717) is 0 Å². The number of hydrogen-bond donors (Lipinski definition) is 0. The minimum Gasteiger partial charge on any atom is -0.457 e. The summed E-state index contributed by atoms with van der Waals surface area (Å²) < 4.78 is 55.9. The highest BCUT2D eigenvalue weighted by Crippen LogP contribution is 2.37. The monoisotopic (exact) mass is 400 g/mol. The Kier molecular flexibility index (Phi) is 4.46. The van der Waals surface area contributed by atoms with Crippen LogP contribution in [0.2, 0.25) is 0 Å². The van der Waals surface area contributed by atoms with Crippen LogP contribution in [0.15, 0.2) is 80.6 Å². The first-order valence-corrected chi connectivity index (χ1v) is 8.34. The molecule has 0 fully saturated rings. The molecule has 0 atom stereocenters. The highest BCUT2D eigenvalue weighted by molar-refractivity contribution is 5.89. The number of alkyl halides is 3. The summed E-state index contributed by atoms with van der Waals surface area (Å²) in [5.74, 6) is -2.44. The van der Waals surface area contributed by atoms with Gasteiger partial charge in [0.2, 0.25) is 16.9 Å². The number of benzene rings is 2. The quantitative estimate of drug-likeness (QED) is 0.345. The van der Waals surface area contributed by atoms with Crippen molar-refractivity contribution in [2.24, 2.45) is 0 Å². The lowest BCUT2D eigenvalue weighted by Crippen LogP contribution is -2.16. The largest absolute Gasteiger partial charge is 0.457 e. The molecule has 0 N–H and O–H groups in total. The van der Waals surface area contributed by atoms with E-state index in [1.165, 1.54) is 54.8 Å². The summed E-state index contributed by atoms with van der Waals surface area (Å²) in [6.45, 7) is 0. The number of carbonyl (C=O) groups excluding carboxylic acids is 1. The van der Waals surface area contributed by atoms with E-state index in [2.05, 4.69) is 0 Å². The Hall–Kier alpha value is -3.81. The maximum absolute atomic E-state index is 13.6. The molecule has 4 aromatic rings. The average Bonchev–Trinajstić information content (AvgIpc) is 3.23. The highest BCUT2D eigenvalue weighted by atomic mass is 19.4. The zero-order valence-corrected chi connectivity index (χ0v) is 14.5. The molecule has 0 aliphatic carbocycles. The SMILES string of the molecule is O=C(Oc1ccc2c(=O)c(-c3ccccc3)c(C(F)(F)F)oc2c1)c1ccco1. The van der Waals surface area contributed by atoms with E-state index >= 15 is 0 Å². The van der Waals surface area contributed by atoms with Crippen LogP contribution in [0.1, 0.15) is 16.3 Å². The minimum absolute atomic E-state index is 0.0744. The topological polar surface area (TPSA) is 69.7 Å². The Morgan fingerprint density at radius 1 is 0.966 bits per heavy atom. The molecule has 0 unspecified atom stereocenters. The summed E-state index contributed by atoms with van der Waals surface area (Å²) in [7, 11) is 0. The van der Waals surface area contributed by atoms with Crippen molar-refractivity contribution >= 4 is 16.9 Å². The molecule has 0 bridgehead atoms. The van der Waals surface area contributed by atoms with Gasteiger partial charge in [0.05, 0.1) is 17.2 Å². The number of hydrogen-bond acceptors (Lipinski definition) is 5. The van der Waals surface area contributed by atoms with Crippen LogP contribution in [-0.2, 0) is 6.18 Å². The third-order valence-electron chi connectivity index (χ3n) is 4.12. The van der Waals surface area contributed by atoms with Crippen LogP contribution in [-0.4, -0.2) is 5.97 Å². The zero-order valence-electron chi connectivity index (χ0n) is 14.5. The number of furan rings is 1. The van der Waals surface area contributed by atoms with Crippen LogP contribution in [0.25, 0.3) is 22.1 Å². The fourth-order valence-electron chi connectivity index (χ4n) is 2.86. The van der Waals surface area contributed by atoms with Crippen molar-refractivity contribution in [2.75, 3.05) is 0 Å². The molecular formula is C21H11F3O5. The smallest absolute Gasteiger partial charge is 0.450 e. The van der Waals surface area contributed by atoms with Crippen LogP contribution in [0.4, 0.5) is 13.2 Å². The van der Waals surface area contributed by atoms with E-state index in [-0.39, 0.29) is 28.0 Å². The summed E-state index contributed by atoms with van der Waals surface area (Å²) in [5, 5.41) is -0.0744. The van der Waals surface area contributed by atoms with E-state index < -0.39 is 28.9 Å². The van der Waals surface area contributed by atoms with Gasteiger partial charge in [-0.05, 0) is 29.8 Å². The van der Waals surface area contributed by atoms with E-state index in [1.54, 1.807) is 6.07 Å². The molecule has 5 nitrogen and oxygen atoms in total. The van der Waals surface area contributed by atoms with Gasteiger partial charge in [-0.1, -0.05) is 30.3 Å². The van der Waals surface area contributed by atoms with Gasteiger partial charge < -0.3 is 13.6 Å². The molecule has 0 spiro atoms. The van der Waals surface area contributed by atoms with Gasteiger partial charge in [0, 0.05) is 6.07 Å². The Morgan fingerprint density at radius 2 is 1.72 bits per heavy atom. The van der Waals surface area contributed by atoms with Gasteiger partial charge in [0.15, 0.2) is 0 Å². The van der Waals surface area contributed by atoms with Crippen molar-refractivity contribution in [3.05, 3.63) is 88.7 Å². The summed E-state index contributed by atoms with van der Waals surface area (Å²) in [6, 6.07) is 13.9. The molecule has 2 aromatic heterocycles. The number of rotatable bonds is 3. The Morgan fingerprint density at radius 3 is 2.38 bits per heavy atom. The maximum atomic E-state index is 13.6. The first-order chi connectivity index (χ1) is 13.8. The van der Waals surface area contributed by atoms with Crippen molar-refractivity contribution in [3.8, 4) is 16.9 Å². The molecular weight excluding hydrogens is 389 g/mol. The summed E-state index contributed by atoms with van der Waals surface area (Å²) >= 11 is 0. The molecule has 0 amide bonds. The van der Waals surface area contributed by atoms with Gasteiger partial charge in [-0.2, -0.15) is 13.2 Å². The second kappa shape index (κ2) is 6.97. The molecule has 2 heterocycles. The van der Waals surface area contributed by atoms with Gasteiger partial charge in [-0.15, -0.1) is 0 Å². The molecule has 2 aromatic carbocycles. The first-order valence-electron chi connectivity index (χ1n) is 8.34. The van der Waals surface area contributed by atoms with Gasteiger partial charge in [0.1, 0.15) is 11.3 Å². The number of ether oxygens (including phenoxy) is 1. The van der Waals surface area contributed by atoms with Crippen LogP contribution in [0.3, 0.4) is 0 Å². The van der Waals surface area contributed by atoms with Crippen LogP contribution >= 0.6 is 0 Å². The minimum atomic E-state index is -4.90. The van der Waals surface area contributed by atoms with Crippen LogP contribution in [0, 0.1) is 0 Å². The van der Waals surface area contributed by atoms with Gasteiger partial charge >= 0.3 is 12.1 Å². The molecule has 8 heteroatoms. The molecule has 146 valence electrons. The van der Waals surface area contributed by atoms with Crippen LogP contribution in [0.5, 0.6) is 5.75 Å². The summed E-state index contributed by atoms with van der Waals surface area (Å²) in [6.07, 6.45) is -3.63. The second-order valence-corrected chi connectivity index (χ2v) is 6.02.